The molecular weight excluding hydrogens is 371 g/mol. The Balaban J connectivity index is 1.66. The quantitative estimate of drug-likeness (QED) is 0.830. The van der Waals surface area contributed by atoms with Crippen molar-refractivity contribution in [2.24, 2.45) is 5.92 Å². The molecule has 2 amide bonds. The number of hydrogen-bond acceptors (Lipinski definition) is 3. The number of nitrogens with zero attached hydrogens (tertiary/aromatic N) is 2. The number of halogens is 3. The number of fused-ring (bicyclic) bond motifs is 1. The summed E-state index contributed by atoms with van der Waals surface area (Å²) in [6.07, 6.45) is -1.33. The van der Waals surface area contributed by atoms with Crippen LogP contribution in [0.15, 0.2) is 24.3 Å². The highest BCUT2D eigenvalue weighted by Gasteiger charge is 2.50. The summed E-state index contributed by atoms with van der Waals surface area (Å²) in [6.45, 7) is 2.00. The largest absolute Gasteiger partial charge is 0.409 e. The highest BCUT2D eigenvalue weighted by atomic mass is 19.4. The van der Waals surface area contributed by atoms with Gasteiger partial charge in [0.2, 0.25) is 11.8 Å². The van der Waals surface area contributed by atoms with Gasteiger partial charge in [0.25, 0.3) is 0 Å². The minimum Gasteiger partial charge on any atom is -0.324 e. The third-order valence-corrected chi connectivity index (χ3v) is 5.94. The Bertz CT molecular complexity index is 774. The second kappa shape index (κ2) is 7.06. The van der Waals surface area contributed by atoms with E-state index in [1.54, 1.807) is 12.1 Å². The Labute approximate surface area is 161 Å². The predicted octanol–water partition coefficient (Wildman–Crippen LogP) is 3.56. The van der Waals surface area contributed by atoms with Crippen LogP contribution in [0, 0.1) is 5.92 Å². The monoisotopic (exact) mass is 395 g/mol. The smallest absolute Gasteiger partial charge is 0.324 e. The van der Waals surface area contributed by atoms with Crippen molar-refractivity contribution in [3.05, 3.63) is 24.3 Å². The molecule has 28 heavy (non-hydrogen) atoms. The second-order valence-corrected chi connectivity index (χ2v) is 8.07. The van der Waals surface area contributed by atoms with E-state index in [-0.39, 0.29) is 30.0 Å². The van der Waals surface area contributed by atoms with Crippen LogP contribution in [-0.4, -0.2) is 47.6 Å². The van der Waals surface area contributed by atoms with Crippen molar-refractivity contribution in [2.75, 3.05) is 16.8 Å². The Morgan fingerprint density at radius 2 is 1.93 bits per heavy atom. The van der Waals surface area contributed by atoms with Crippen LogP contribution >= 0.6 is 0 Å². The first-order chi connectivity index (χ1) is 13.3. The van der Waals surface area contributed by atoms with E-state index in [9.17, 15) is 22.8 Å². The maximum atomic E-state index is 13.8. The summed E-state index contributed by atoms with van der Waals surface area (Å²) in [4.78, 5) is 28.1. The molecule has 2 atom stereocenters. The Morgan fingerprint density at radius 3 is 2.54 bits per heavy atom. The van der Waals surface area contributed by atoms with Crippen molar-refractivity contribution in [1.29, 1.82) is 0 Å². The van der Waals surface area contributed by atoms with Crippen molar-refractivity contribution >= 4 is 23.2 Å². The molecule has 0 radical (unpaired) electrons. The van der Waals surface area contributed by atoms with Crippen molar-refractivity contribution in [3.8, 4) is 0 Å². The van der Waals surface area contributed by atoms with E-state index < -0.39 is 30.5 Å². The molecule has 152 valence electrons. The van der Waals surface area contributed by atoms with Crippen LogP contribution in [0.25, 0.3) is 0 Å². The molecule has 2 saturated carbocycles. The van der Waals surface area contributed by atoms with Gasteiger partial charge in [0.1, 0.15) is 6.04 Å². The molecule has 0 saturated heterocycles. The average molecular weight is 395 g/mol. The standard InChI is InChI=1S/C20H24F3N3O2/c1-12(13-6-7-13)25(14-8-9-14)11-19(28)26-16-5-3-2-4-15(16)24-18(27)10-17(26)20(21,22)23/h2-5,12-14,17H,6-11H2,1H3,(H,24,27). The minimum absolute atomic E-state index is 0.0581. The predicted molar refractivity (Wildman–Crippen MR) is 98.9 cm³/mol. The van der Waals surface area contributed by atoms with E-state index in [0.29, 0.717) is 5.92 Å². The molecule has 3 aliphatic rings. The number of para-hydroxylation sites is 2. The Hall–Kier alpha value is -2.09. The highest BCUT2D eigenvalue weighted by molar-refractivity contribution is 6.05. The number of anilines is 2. The molecule has 1 N–H and O–H groups in total. The molecule has 2 fully saturated rings. The van der Waals surface area contributed by atoms with E-state index >= 15 is 0 Å². The highest BCUT2D eigenvalue weighted by Crippen LogP contribution is 2.41. The van der Waals surface area contributed by atoms with Crippen molar-refractivity contribution in [2.45, 2.75) is 63.3 Å². The molecule has 2 aliphatic carbocycles. The van der Waals surface area contributed by atoms with Gasteiger partial charge in [-0.3, -0.25) is 19.4 Å². The van der Waals surface area contributed by atoms with Crippen molar-refractivity contribution < 1.29 is 22.8 Å². The minimum atomic E-state index is -4.70. The zero-order valence-corrected chi connectivity index (χ0v) is 15.7. The number of rotatable bonds is 5. The molecule has 0 aromatic heterocycles. The SMILES string of the molecule is CC(C1CC1)N(CC(=O)N1c2ccccc2NC(=O)CC1C(F)(F)F)C1CC1. The topological polar surface area (TPSA) is 52.7 Å². The van der Waals surface area contributed by atoms with E-state index in [2.05, 4.69) is 17.1 Å². The van der Waals surface area contributed by atoms with Crippen molar-refractivity contribution in [1.82, 2.24) is 4.90 Å². The zero-order chi connectivity index (χ0) is 20.1. The molecule has 8 heteroatoms. The molecule has 5 nitrogen and oxygen atoms in total. The number of hydrogen-bond donors (Lipinski definition) is 1. The third kappa shape index (κ3) is 3.87. The van der Waals surface area contributed by atoms with Gasteiger partial charge in [0.05, 0.1) is 24.3 Å². The van der Waals surface area contributed by atoms with Gasteiger partial charge in [-0.2, -0.15) is 13.2 Å². The summed E-state index contributed by atoms with van der Waals surface area (Å²) < 4.78 is 41.5. The summed E-state index contributed by atoms with van der Waals surface area (Å²) >= 11 is 0. The fourth-order valence-electron chi connectivity index (χ4n) is 4.09. The lowest BCUT2D eigenvalue weighted by atomic mass is 10.1. The fraction of sp³-hybridized carbons (Fsp3) is 0.600. The Morgan fingerprint density at radius 1 is 1.25 bits per heavy atom. The van der Waals surface area contributed by atoms with Crippen LogP contribution < -0.4 is 10.2 Å². The molecule has 1 aromatic carbocycles. The average Bonchev–Trinajstić information content (AvgIpc) is 3.50. The number of alkyl halides is 3. The molecule has 1 heterocycles. The number of benzene rings is 1. The Kier molecular flexibility index (Phi) is 4.85. The molecule has 1 aliphatic heterocycles. The van der Waals surface area contributed by atoms with Gasteiger partial charge in [-0.1, -0.05) is 12.1 Å². The first kappa shape index (κ1) is 19.2. The van der Waals surface area contributed by atoms with Gasteiger partial charge in [-0.25, -0.2) is 0 Å². The van der Waals surface area contributed by atoms with E-state index in [1.807, 2.05) is 0 Å². The summed E-state index contributed by atoms with van der Waals surface area (Å²) in [6, 6.07) is 4.48. The molecule has 1 aromatic rings. The molecule has 0 bridgehead atoms. The summed E-state index contributed by atoms with van der Waals surface area (Å²) in [5, 5.41) is 2.50. The van der Waals surface area contributed by atoms with Crippen LogP contribution in [0.3, 0.4) is 0 Å². The van der Waals surface area contributed by atoms with E-state index in [1.165, 1.54) is 12.1 Å². The number of carbonyl (C=O) groups is 2. The summed E-state index contributed by atoms with van der Waals surface area (Å²) in [7, 11) is 0. The van der Waals surface area contributed by atoms with Crippen LogP contribution in [-0.2, 0) is 9.59 Å². The van der Waals surface area contributed by atoms with Crippen LogP contribution in [0.5, 0.6) is 0 Å². The van der Waals surface area contributed by atoms with E-state index in [0.717, 1.165) is 30.6 Å². The molecule has 4 rings (SSSR count). The lowest BCUT2D eigenvalue weighted by Gasteiger charge is -2.35. The lowest BCUT2D eigenvalue weighted by molar-refractivity contribution is -0.158. The second-order valence-electron chi connectivity index (χ2n) is 8.07. The van der Waals surface area contributed by atoms with Crippen LogP contribution in [0.1, 0.15) is 39.0 Å². The number of carbonyl (C=O) groups excluding carboxylic acids is 2. The summed E-state index contributed by atoms with van der Waals surface area (Å²) in [5.74, 6) is -0.826. The van der Waals surface area contributed by atoms with E-state index in [4.69, 9.17) is 0 Å². The van der Waals surface area contributed by atoms with Gasteiger partial charge in [0, 0.05) is 12.1 Å². The molecular formula is C20H24F3N3O2. The number of nitrogens with one attached hydrogen (secondary N) is 1. The zero-order valence-electron chi connectivity index (χ0n) is 15.7. The van der Waals surface area contributed by atoms with Crippen LogP contribution in [0.2, 0.25) is 0 Å². The molecule has 2 unspecified atom stereocenters. The first-order valence-electron chi connectivity index (χ1n) is 9.79. The maximum absolute atomic E-state index is 13.8. The maximum Gasteiger partial charge on any atom is 0.409 e. The normalized spacial score (nSPS) is 23.8. The van der Waals surface area contributed by atoms with Gasteiger partial charge >= 0.3 is 6.18 Å². The van der Waals surface area contributed by atoms with Crippen LogP contribution in [0.4, 0.5) is 24.5 Å². The lowest BCUT2D eigenvalue weighted by Crippen LogP contribution is -2.53. The first-order valence-corrected chi connectivity index (χ1v) is 9.79. The van der Waals surface area contributed by atoms with Gasteiger partial charge in [0.15, 0.2) is 0 Å². The number of amides is 2. The van der Waals surface area contributed by atoms with Gasteiger partial charge < -0.3 is 5.32 Å². The fourth-order valence-corrected chi connectivity index (χ4v) is 4.09. The van der Waals surface area contributed by atoms with Gasteiger partial charge in [-0.15, -0.1) is 0 Å². The molecule has 0 spiro atoms. The van der Waals surface area contributed by atoms with Crippen molar-refractivity contribution in [3.63, 3.8) is 0 Å². The summed E-state index contributed by atoms with van der Waals surface area (Å²) in [5.41, 5.74) is 0.344. The third-order valence-electron chi connectivity index (χ3n) is 5.94. The van der Waals surface area contributed by atoms with Gasteiger partial charge in [-0.05, 0) is 50.7 Å².